The summed E-state index contributed by atoms with van der Waals surface area (Å²) in [6.07, 6.45) is 2.50. The molecule has 2 fully saturated rings. The number of carbonyl (C=O) groups excluding carboxylic acids is 1. The molecule has 3 aliphatic heterocycles. The first-order valence-corrected chi connectivity index (χ1v) is 9.50. The normalized spacial score (nSPS) is 25.7. The molecule has 0 spiro atoms. The van der Waals surface area contributed by atoms with Crippen LogP contribution in [0.1, 0.15) is 45.6 Å². The van der Waals surface area contributed by atoms with Crippen LogP contribution in [0.4, 0.5) is 9.18 Å². The fourth-order valence-electron chi connectivity index (χ4n) is 4.08. The minimum atomic E-state index is -0.683. The Morgan fingerprint density at radius 2 is 1.85 bits per heavy atom. The van der Waals surface area contributed by atoms with Gasteiger partial charge in [-0.3, -0.25) is 15.3 Å². The molecule has 1 amide bonds. The van der Waals surface area contributed by atoms with E-state index in [4.69, 9.17) is 9.57 Å². The zero-order chi connectivity index (χ0) is 19.2. The average molecular weight is 375 g/mol. The standard InChI is InChI=1S/C20H26FN3O3/c1-19(2,3)26-18(25)24-13-10-20(23-11-4-5-12-23)17(24)16(22-27-20)14-6-8-15(21)9-7-14/h6-9,22H,4-5,10-13H2,1-3H3/t20-/m1/s1. The first-order valence-electron chi connectivity index (χ1n) is 9.50. The predicted octanol–water partition coefficient (Wildman–Crippen LogP) is 3.46. The molecule has 1 aromatic rings. The summed E-state index contributed by atoms with van der Waals surface area (Å²) in [5.41, 5.74) is 4.01. The van der Waals surface area contributed by atoms with Crippen LogP contribution in [0.3, 0.4) is 0 Å². The lowest BCUT2D eigenvalue weighted by Crippen LogP contribution is -2.49. The molecule has 27 heavy (non-hydrogen) atoms. The van der Waals surface area contributed by atoms with Crippen molar-refractivity contribution in [1.29, 1.82) is 0 Å². The smallest absolute Gasteiger partial charge is 0.414 e. The van der Waals surface area contributed by atoms with Gasteiger partial charge in [0.25, 0.3) is 0 Å². The molecule has 3 aliphatic rings. The first kappa shape index (κ1) is 18.3. The van der Waals surface area contributed by atoms with Crippen LogP contribution in [-0.4, -0.2) is 46.9 Å². The molecule has 0 aromatic heterocycles. The van der Waals surface area contributed by atoms with E-state index >= 15 is 0 Å². The van der Waals surface area contributed by atoms with Gasteiger partial charge in [-0.05, 0) is 57.9 Å². The Morgan fingerprint density at radius 3 is 2.48 bits per heavy atom. The van der Waals surface area contributed by atoms with Gasteiger partial charge in [0.2, 0.25) is 0 Å². The third-order valence-corrected chi connectivity index (χ3v) is 5.24. The number of hydroxylamine groups is 1. The van der Waals surface area contributed by atoms with Gasteiger partial charge in [-0.2, -0.15) is 0 Å². The van der Waals surface area contributed by atoms with Crippen LogP contribution in [0.15, 0.2) is 30.0 Å². The van der Waals surface area contributed by atoms with Crippen LogP contribution in [0.5, 0.6) is 0 Å². The maximum absolute atomic E-state index is 13.4. The van der Waals surface area contributed by atoms with Gasteiger partial charge in [0.1, 0.15) is 11.4 Å². The minimum Gasteiger partial charge on any atom is -0.443 e. The highest BCUT2D eigenvalue weighted by atomic mass is 19.1. The molecule has 0 saturated carbocycles. The Bertz CT molecular complexity index is 766. The van der Waals surface area contributed by atoms with Crippen molar-refractivity contribution in [3.05, 3.63) is 41.3 Å². The van der Waals surface area contributed by atoms with Gasteiger partial charge in [0.15, 0.2) is 5.72 Å². The van der Waals surface area contributed by atoms with Crippen molar-refractivity contribution < 1.29 is 18.8 Å². The molecule has 7 heteroatoms. The van der Waals surface area contributed by atoms with E-state index in [-0.39, 0.29) is 11.9 Å². The molecular formula is C20H26FN3O3. The SMILES string of the molecule is CC(C)(C)OC(=O)N1CC[C@@]2(N3CCCC3)ONC(c3ccc(F)cc3)=C12. The number of benzene rings is 1. The van der Waals surface area contributed by atoms with Crippen LogP contribution in [0, 0.1) is 5.82 Å². The summed E-state index contributed by atoms with van der Waals surface area (Å²) >= 11 is 0. The second-order valence-corrected chi connectivity index (χ2v) is 8.30. The predicted molar refractivity (Wildman–Crippen MR) is 98.6 cm³/mol. The van der Waals surface area contributed by atoms with E-state index in [1.54, 1.807) is 17.0 Å². The van der Waals surface area contributed by atoms with Crippen LogP contribution in [-0.2, 0) is 9.57 Å². The van der Waals surface area contributed by atoms with Crippen molar-refractivity contribution in [2.75, 3.05) is 19.6 Å². The van der Waals surface area contributed by atoms with E-state index in [0.717, 1.165) is 37.2 Å². The molecule has 0 radical (unpaired) electrons. The average Bonchev–Trinajstić information content (AvgIpc) is 3.29. The highest BCUT2D eigenvalue weighted by Crippen LogP contribution is 2.47. The summed E-state index contributed by atoms with van der Waals surface area (Å²) in [7, 11) is 0. The fraction of sp³-hybridized carbons (Fsp3) is 0.550. The number of likely N-dealkylation sites (tertiary alicyclic amines) is 2. The largest absolute Gasteiger partial charge is 0.443 e. The van der Waals surface area contributed by atoms with E-state index < -0.39 is 11.3 Å². The molecule has 2 saturated heterocycles. The lowest BCUT2D eigenvalue weighted by Gasteiger charge is -2.34. The van der Waals surface area contributed by atoms with E-state index in [1.165, 1.54) is 12.1 Å². The molecule has 1 aromatic carbocycles. The van der Waals surface area contributed by atoms with Gasteiger partial charge in [-0.15, -0.1) is 0 Å². The number of hydrogen-bond donors (Lipinski definition) is 1. The summed E-state index contributed by atoms with van der Waals surface area (Å²) in [6.45, 7) is 7.93. The van der Waals surface area contributed by atoms with Crippen molar-refractivity contribution in [2.24, 2.45) is 0 Å². The van der Waals surface area contributed by atoms with Gasteiger partial charge in [-0.25, -0.2) is 14.0 Å². The summed E-state index contributed by atoms with van der Waals surface area (Å²) in [4.78, 5) is 23.0. The number of amides is 1. The minimum absolute atomic E-state index is 0.301. The monoisotopic (exact) mass is 375 g/mol. The lowest BCUT2D eigenvalue weighted by molar-refractivity contribution is -0.132. The molecule has 0 bridgehead atoms. The van der Waals surface area contributed by atoms with Crippen LogP contribution >= 0.6 is 0 Å². The molecule has 1 atom stereocenters. The van der Waals surface area contributed by atoms with Crippen LogP contribution in [0.2, 0.25) is 0 Å². The van der Waals surface area contributed by atoms with Gasteiger partial charge in [0, 0.05) is 31.6 Å². The van der Waals surface area contributed by atoms with Gasteiger partial charge < -0.3 is 4.74 Å². The van der Waals surface area contributed by atoms with Crippen LogP contribution < -0.4 is 5.48 Å². The Hall–Kier alpha value is -2.12. The zero-order valence-corrected chi connectivity index (χ0v) is 16.0. The molecule has 3 heterocycles. The zero-order valence-electron chi connectivity index (χ0n) is 16.0. The van der Waals surface area contributed by atoms with E-state index in [1.807, 2.05) is 20.8 Å². The number of halogens is 1. The van der Waals surface area contributed by atoms with E-state index in [9.17, 15) is 9.18 Å². The summed E-state index contributed by atoms with van der Waals surface area (Å²) in [5.74, 6) is -0.301. The number of nitrogens with one attached hydrogen (secondary N) is 1. The Balaban J connectivity index is 1.77. The van der Waals surface area contributed by atoms with Crippen LogP contribution in [0.25, 0.3) is 5.70 Å². The molecule has 0 aliphatic carbocycles. The van der Waals surface area contributed by atoms with Crippen molar-refractivity contribution in [3.63, 3.8) is 0 Å². The highest BCUT2D eigenvalue weighted by Gasteiger charge is 2.57. The summed E-state index contributed by atoms with van der Waals surface area (Å²) < 4.78 is 19.0. The number of nitrogens with zero attached hydrogens (tertiary/aromatic N) is 2. The molecule has 0 unspecified atom stereocenters. The molecule has 146 valence electrons. The van der Waals surface area contributed by atoms with Gasteiger partial charge in [0.05, 0.1) is 11.4 Å². The van der Waals surface area contributed by atoms with Gasteiger partial charge in [-0.1, -0.05) is 0 Å². The number of carbonyl (C=O) groups is 1. The summed E-state index contributed by atoms with van der Waals surface area (Å²) in [5, 5.41) is 0. The maximum atomic E-state index is 13.4. The maximum Gasteiger partial charge on any atom is 0.414 e. The fourth-order valence-corrected chi connectivity index (χ4v) is 4.08. The second-order valence-electron chi connectivity index (χ2n) is 8.30. The molecule has 1 N–H and O–H groups in total. The van der Waals surface area contributed by atoms with Gasteiger partial charge >= 0.3 is 6.09 Å². The second kappa shape index (κ2) is 6.49. The number of hydrogen-bond acceptors (Lipinski definition) is 5. The number of ether oxygens (including phenoxy) is 1. The first-order chi connectivity index (χ1) is 12.8. The third kappa shape index (κ3) is 3.19. The summed E-state index contributed by atoms with van der Waals surface area (Å²) in [6, 6.07) is 6.21. The van der Waals surface area contributed by atoms with Crippen molar-refractivity contribution in [3.8, 4) is 0 Å². The van der Waals surface area contributed by atoms with Crippen molar-refractivity contribution >= 4 is 11.8 Å². The Morgan fingerprint density at radius 1 is 1.19 bits per heavy atom. The molecule has 4 rings (SSSR count). The topological polar surface area (TPSA) is 54.0 Å². The third-order valence-electron chi connectivity index (χ3n) is 5.24. The number of fused-ring (bicyclic) bond motifs is 1. The van der Waals surface area contributed by atoms with Crippen molar-refractivity contribution in [1.82, 2.24) is 15.3 Å². The van der Waals surface area contributed by atoms with E-state index in [2.05, 4.69) is 10.4 Å². The van der Waals surface area contributed by atoms with Crippen molar-refractivity contribution in [2.45, 2.75) is 51.4 Å². The van der Waals surface area contributed by atoms with E-state index in [0.29, 0.717) is 18.7 Å². The molecule has 6 nitrogen and oxygen atoms in total. The Labute approximate surface area is 158 Å². The lowest BCUT2D eigenvalue weighted by atomic mass is 10.0. The quantitative estimate of drug-likeness (QED) is 0.858. The highest BCUT2D eigenvalue weighted by molar-refractivity contribution is 5.79. The molecular weight excluding hydrogens is 349 g/mol. The Kier molecular flexibility index (Phi) is 4.39. The number of rotatable bonds is 2.